The van der Waals surface area contributed by atoms with E-state index in [1.165, 1.54) is 32.1 Å². The molecule has 108 valence electrons. The van der Waals surface area contributed by atoms with Crippen molar-refractivity contribution in [2.24, 2.45) is 5.92 Å². The molecule has 1 fully saturated rings. The van der Waals surface area contributed by atoms with Gasteiger partial charge in [-0.3, -0.25) is 0 Å². The van der Waals surface area contributed by atoms with Crippen molar-refractivity contribution >= 4 is 10.7 Å². The maximum Gasteiger partial charge on any atom is 0.176 e. The monoisotopic (exact) mass is 282 g/mol. The van der Waals surface area contributed by atoms with Gasteiger partial charge in [0.15, 0.2) is 10.3 Å². The molecule has 2 rings (SSSR count). The number of aliphatic hydroxyl groups is 1. The zero-order valence-corrected chi connectivity index (χ0v) is 13.4. The molecule has 2 nitrogen and oxygen atoms in total. The van der Waals surface area contributed by atoms with E-state index in [4.69, 9.17) is 0 Å². The SMILES string of the molecule is CC(CO)Cc1c(C2CCCCC2)cc[s+]1N(C)C. The van der Waals surface area contributed by atoms with Crippen LogP contribution in [-0.4, -0.2) is 25.8 Å². The van der Waals surface area contributed by atoms with Crippen LogP contribution in [0.1, 0.15) is 55.4 Å². The predicted octanol–water partition coefficient (Wildman–Crippen LogP) is 3.85. The summed E-state index contributed by atoms with van der Waals surface area (Å²) in [5.74, 6) is 1.16. The molecule has 19 heavy (non-hydrogen) atoms. The highest BCUT2D eigenvalue weighted by molar-refractivity contribution is 7.32. The van der Waals surface area contributed by atoms with Crippen LogP contribution in [0.3, 0.4) is 0 Å². The van der Waals surface area contributed by atoms with E-state index in [1.54, 1.807) is 10.4 Å². The first kappa shape index (κ1) is 15.0. The lowest BCUT2D eigenvalue weighted by molar-refractivity contribution is 0.237. The quantitative estimate of drug-likeness (QED) is 0.829. The Kier molecular flexibility index (Phi) is 5.43. The number of hydrogen-bond acceptors (Lipinski definition) is 2. The van der Waals surface area contributed by atoms with Crippen molar-refractivity contribution in [2.75, 3.05) is 25.0 Å². The highest BCUT2D eigenvalue weighted by Crippen LogP contribution is 2.41. The lowest BCUT2D eigenvalue weighted by Gasteiger charge is -2.21. The minimum atomic E-state index is 0.151. The summed E-state index contributed by atoms with van der Waals surface area (Å²) in [6, 6.07) is 2.39. The second-order valence-corrected chi connectivity index (χ2v) is 8.26. The van der Waals surface area contributed by atoms with Gasteiger partial charge in [-0.2, -0.15) is 0 Å². The van der Waals surface area contributed by atoms with Gasteiger partial charge in [0, 0.05) is 38.8 Å². The largest absolute Gasteiger partial charge is 0.396 e. The van der Waals surface area contributed by atoms with Crippen molar-refractivity contribution in [3.05, 3.63) is 21.9 Å². The molecule has 0 bridgehead atoms. The van der Waals surface area contributed by atoms with Gasteiger partial charge in [-0.25, -0.2) is 0 Å². The highest BCUT2D eigenvalue weighted by atomic mass is 32.2. The van der Waals surface area contributed by atoms with Crippen molar-refractivity contribution < 1.29 is 5.11 Å². The number of nitrogens with zero attached hydrogens (tertiary/aromatic N) is 1. The Labute approximate surface area is 120 Å². The number of thiophene rings is 1. The summed E-state index contributed by atoms with van der Waals surface area (Å²) in [4.78, 5) is 1.60. The summed E-state index contributed by atoms with van der Waals surface area (Å²) in [6.07, 6.45) is 7.97. The van der Waals surface area contributed by atoms with E-state index in [1.807, 2.05) is 0 Å². The lowest BCUT2D eigenvalue weighted by atomic mass is 9.83. The van der Waals surface area contributed by atoms with Crippen LogP contribution in [-0.2, 0) is 6.42 Å². The summed E-state index contributed by atoms with van der Waals surface area (Å²) < 4.78 is 2.33. The summed E-state index contributed by atoms with van der Waals surface area (Å²) in [6.45, 7) is 2.45. The molecule has 1 aromatic rings. The Balaban J connectivity index is 2.25. The summed E-state index contributed by atoms with van der Waals surface area (Å²) in [5.41, 5.74) is 1.61. The lowest BCUT2D eigenvalue weighted by Crippen LogP contribution is -2.13. The van der Waals surface area contributed by atoms with E-state index >= 15 is 0 Å². The summed E-state index contributed by atoms with van der Waals surface area (Å²) >= 11 is 0. The van der Waals surface area contributed by atoms with Gasteiger partial charge < -0.3 is 5.11 Å². The maximum absolute atomic E-state index is 9.36. The topological polar surface area (TPSA) is 23.5 Å². The molecule has 1 aliphatic carbocycles. The molecule has 2 unspecified atom stereocenters. The highest BCUT2D eigenvalue weighted by Gasteiger charge is 2.29. The van der Waals surface area contributed by atoms with Crippen LogP contribution >= 0.6 is 10.7 Å². The van der Waals surface area contributed by atoms with Gasteiger partial charge in [-0.05, 0) is 24.7 Å². The van der Waals surface area contributed by atoms with Gasteiger partial charge in [0.1, 0.15) is 0 Å². The Morgan fingerprint density at radius 1 is 1.32 bits per heavy atom. The van der Waals surface area contributed by atoms with Crippen molar-refractivity contribution in [2.45, 2.75) is 51.4 Å². The summed E-state index contributed by atoms with van der Waals surface area (Å²) in [5, 5.41) is 11.7. The smallest absolute Gasteiger partial charge is 0.176 e. The van der Waals surface area contributed by atoms with Crippen LogP contribution in [0.25, 0.3) is 0 Å². The molecule has 1 aromatic heterocycles. The average Bonchev–Trinajstić information content (AvgIpc) is 2.83. The zero-order chi connectivity index (χ0) is 13.8. The van der Waals surface area contributed by atoms with E-state index in [-0.39, 0.29) is 10.7 Å². The van der Waals surface area contributed by atoms with Crippen LogP contribution in [0, 0.1) is 5.92 Å². The van der Waals surface area contributed by atoms with Gasteiger partial charge >= 0.3 is 0 Å². The molecule has 0 aliphatic heterocycles. The Morgan fingerprint density at radius 2 is 2.00 bits per heavy atom. The molecule has 0 radical (unpaired) electrons. The van der Waals surface area contributed by atoms with Crippen molar-refractivity contribution in [1.82, 2.24) is 0 Å². The molecule has 0 amide bonds. The second kappa shape index (κ2) is 6.87. The molecule has 0 aromatic carbocycles. The third-order valence-electron chi connectivity index (χ3n) is 4.23. The van der Waals surface area contributed by atoms with Crippen LogP contribution < -0.4 is 4.31 Å². The van der Waals surface area contributed by atoms with Crippen LogP contribution in [0.5, 0.6) is 0 Å². The first-order valence-electron chi connectivity index (χ1n) is 7.56. The van der Waals surface area contributed by atoms with Gasteiger partial charge in [0.25, 0.3) is 0 Å². The zero-order valence-electron chi connectivity index (χ0n) is 12.6. The molecular formula is C16H28NOS+. The van der Waals surface area contributed by atoms with Gasteiger partial charge in [-0.1, -0.05) is 26.2 Å². The molecule has 0 saturated heterocycles. The van der Waals surface area contributed by atoms with E-state index in [0.717, 1.165) is 12.3 Å². The van der Waals surface area contributed by atoms with E-state index in [0.29, 0.717) is 12.5 Å². The van der Waals surface area contributed by atoms with Crippen LogP contribution in [0.2, 0.25) is 0 Å². The molecule has 0 spiro atoms. The fourth-order valence-corrected chi connectivity index (χ4v) is 5.19. The number of aliphatic hydroxyl groups excluding tert-OH is 1. The van der Waals surface area contributed by atoms with Gasteiger partial charge in [0.2, 0.25) is 0 Å². The Bertz CT molecular complexity index is 393. The van der Waals surface area contributed by atoms with E-state index < -0.39 is 0 Å². The van der Waals surface area contributed by atoms with Gasteiger partial charge in [0.05, 0.1) is 10.7 Å². The number of hydrogen-bond donors (Lipinski definition) is 1. The molecule has 1 saturated carbocycles. The molecular weight excluding hydrogens is 254 g/mol. The second-order valence-electron chi connectivity index (χ2n) is 6.13. The average molecular weight is 282 g/mol. The van der Waals surface area contributed by atoms with Crippen molar-refractivity contribution in [1.29, 1.82) is 0 Å². The van der Waals surface area contributed by atoms with E-state index in [2.05, 4.69) is 36.8 Å². The standard InChI is InChI=1S/C16H28NOS/c1-13(12-18)11-16-15(9-10-19(16)17(2)3)14-7-5-4-6-8-14/h9-10,13-14,18H,4-8,11-12H2,1-3H3/q+1. The van der Waals surface area contributed by atoms with Crippen molar-refractivity contribution in [3.63, 3.8) is 0 Å². The number of rotatable bonds is 5. The maximum atomic E-state index is 9.36. The molecule has 1 heterocycles. The minimum Gasteiger partial charge on any atom is -0.396 e. The first-order chi connectivity index (χ1) is 9.13. The molecule has 2 atom stereocenters. The Hall–Kier alpha value is -0.380. The van der Waals surface area contributed by atoms with Crippen LogP contribution in [0.4, 0.5) is 0 Å². The van der Waals surface area contributed by atoms with Gasteiger partial charge in [-0.15, -0.1) is 4.31 Å². The third-order valence-corrected chi connectivity index (χ3v) is 6.32. The molecule has 3 heteroatoms. The fourth-order valence-electron chi connectivity index (χ4n) is 3.14. The van der Waals surface area contributed by atoms with Crippen LogP contribution in [0.15, 0.2) is 11.4 Å². The minimum absolute atomic E-state index is 0.151. The molecule has 1 N–H and O–H groups in total. The Morgan fingerprint density at radius 3 is 2.58 bits per heavy atom. The third kappa shape index (κ3) is 3.59. The first-order valence-corrected chi connectivity index (χ1v) is 8.80. The summed E-state index contributed by atoms with van der Waals surface area (Å²) in [7, 11) is 4.49. The normalized spacial score (nSPS) is 19.9. The van der Waals surface area contributed by atoms with Crippen molar-refractivity contribution in [3.8, 4) is 0 Å². The predicted molar refractivity (Wildman–Crippen MR) is 84.8 cm³/mol. The van der Waals surface area contributed by atoms with E-state index in [9.17, 15) is 5.11 Å². The molecule has 1 aliphatic rings. The fraction of sp³-hybridized carbons (Fsp3) is 0.750.